The molecule has 114 valence electrons. The van der Waals surface area contributed by atoms with E-state index in [2.05, 4.69) is 10.1 Å². The number of rotatable bonds is 5. The Morgan fingerprint density at radius 2 is 2.14 bits per heavy atom. The molecule has 1 aromatic heterocycles. The summed E-state index contributed by atoms with van der Waals surface area (Å²) in [4.78, 5) is 4.16. The SMILES string of the molecule is COc1cccc(F)c1C(C)(O)Cc1ncnn1C(C)C. The van der Waals surface area contributed by atoms with Gasteiger partial charge in [-0.1, -0.05) is 6.07 Å². The lowest BCUT2D eigenvalue weighted by atomic mass is 9.90. The van der Waals surface area contributed by atoms with E-state index in [1.807, 2.05) is 13.8 Å². The van der Waals surface area contributed by atoms with Gasteiger partial charge in [0.05, 0.1) is 12.7 Å². The van der Waals surface area contributed by atoms with Crippen LogP contribution in [0.4, 0.5) is 4.39 Å². The third-order valence-electron chi connectivity index (χ3n) is 3.37. The van der Waals surface area contributed by atoms with E-state index < -0.39 is 11.4 Å². The summed E-state index contributed by atoms with van der Waals surface area (Å²) in [5.74, 6) is 0.408. The van der Waals surface area contributed by atoms with E-state index in [1.165, 1.54) is 19.5 Å². The standard InChI is InChI=1S/C15H20FN3O2/c1-10(2)19-13(17-9-18-19)8-15(3,20)14-11(16)6-5-7-12(14)21-4/h5-7,9-10,20H,8H2,1-4H3. The van der Waals surface area contributed by atoms with E-state index >= 15 is 0 Å². The lowest BCUT2D eigenvalue weighted by molar-refractivity contribution is 0.0475. The highest BCUT2D eigenvalue weighted by Crippen LogP contribution is 2.34. The number of hydrogen-bond acceptors (Lipinski definition) is 4. The van der Waals surface area contributed by atoms with Gasteiger partial charge < -0.3 is 9.84 Å². The van der Waals surface area contributed by atoms with Gasteiger partial charge in [0.25, 0.3) is 0 Å². The predicted molar refractivity (Wildman–Crippen MR) is 76.6 cm³/mol. The van der Waals surface area contributed by atoms with Crippen molar-refractivity contribution in [3.8, 4) is 5.75 Å². The van der Waals surface area contributed by atoms with Crippen LogP contribution in [0.1, 0.15) is 38.2 Å². The topological polar surface area (TPSA) is 60.2 Å². The van der Waals surface area contributed by atoms with Crippen molar-refractivity contribution in [3.05, 3.63) is 41.7 Å². The first-order valence-corrected chi connectivity index (χ1v) is 6.80. The molecule has 21 heavy (non-hydrogen) atoms. The van der Waals surface area contributed by atoms with Crippen LogP contribution in [0, 0.1) is 5.82 Å². The fourth-order valence-electron chi connectivity index (χ4n) is 2.43. The Hall–Kier alpha value is -1.95. The number of methoxy groups -OCH3 is 1. The summed E-state index contributed by atoms with van der Waals surface area (Å²) in [5, 5.41) is 14.9. The van der Waals surface area contributed by atoms with Crippen LogP contribution in [0.5, 0.6) is 5.75 Å². The Bertz CT molecular complexity index is 623. The van der Waals surface area contributed by atoms with E-state index in [0.717, 1.165) is 0 Å². The molecule has 2 rings (SSSR count). The number of halogens is 1. The monoisotopic (exact) mass is 293 g/mol. The molecule has 0 fully saturated rings. The average Bonchev–Trinajstić information content (AvgIpc) is 2.85. The molecule has 1 aromatic carbocycles. The minimum absolute atomic E-state index is 0.112. The Labute approximate surface area is 123 Å². The summed E-state index contributed by atoms with van der Waals surface area (Å²) in [5.41, 5.74) is -1.32. The van der Waals surface area contributed by atoms with Crippen LogP contribution in [-0.2, 0) is 12.0 Å². The highest BCUT2D eigenvalue weighted by atomic mass is 19.1. The molecule has 0 aliphatic carbocycles. The van der Waals surface area contributed by atoms with Gasteiger partial charge in [0, 0.05) is 12.5 Å². The van der Waals surface area contributed by atoms with Gasteiger partial charge in [-0.25, -0.2) is 14.1 Å². The molecule has 0 aliphatic rings. The van der Waals surface area contributed by atoms with E-state index in [4.69, 9.17) is 4.74 Å². The van der Waals surface area contributed by atoms with Crippen LogP contribution in [0.25, 0.3) is 0 Å². The van der Waals surface area contributed by atoms with Crippen LogP contribution in [0.3, 0.4) is 0 Å². The first-order chi connectivity index (χ1) is 9.86. The second-order valence-corrected chi connectivity index (χ2v) is 5.48. The summed E-state index contributed by atoms with van der Waals surface area (Å²) in [6.45, 7) is 5.49. The van der Waals surface area contributed by atoms with E-state index in [1.54, 1.807) is 23.7 Å². The first kappa shape index (κ1) is 15.4. The van der Waals surface area contributed by atoms with E-state index in [-0.39, 0.29) is 18.0 Å². The highest BCUT2D eigenvalue weighted by molar-refractivity contribution is 5.39. The summed E-state index contributed by atoms with van der Waals surface area (Å²) in [6.07, 6.45) is 1.58. The Morgan fingerprint density at radius 1 is 1.43 bits per heavy atom. The van der Waals surface area contributed by atoms with Crippen molar-refractivity contribution in [2.75, 3.05) is 7.11 Å². The molecule has 2 aromatic rings. The molecule has 1 N–H and O–H groups in total. The van der Waals surface area contributed by atoms with Gasteiger partial charge in [0.15, 0.2) is 0 Å². The lowest BCUT2D eigenvalue weighted by Gasteiger charge is -2.26. The van der Waals surface area contributed by atoms with Crippen LogP contribution < -0.4 is 4.74 Å². The zero-order chi connectivity index (χ0) is 15.6. The predicted octanol–water partition coefficient (Wildman–Crippen LogP) is 2.46. The van der Waals surface area contributed by atoms with Gasteiger partial charge in [-0.05, 0) is 32.9 Å². The molecule has 1 unspecified atom stereocenters. The molecule has 1 heterocycles. The second-order valence-electron chi connectivity index (χ2n) is 5.48. The van der Waals surface area contributed by atoms with Crippen molar-refractivity contribution in [2.45, 2.75) is 38.8 Å². The van der Waals surface area contributed by atoms with Gasteiger partial charge >= 0.3 is 0 Å². The van der Waals surface area contributed by atoms with Gasteiger partial charge in [0.1, 0.15) is 29.3 Å². The Balaban J connectivity index is 2.41. The van der Waals surface area contributed by atoms with Crippen LogP contribution >= 0.6 is 0 Å². The van der Waals surface area contributed by atoms with Crippen molar-refractivity contribution in [3.63, 3.8) is 0 Å². The van der Waals surface area contributed by atoms with Crippen molar-refractivity contribution < 1.29 is 14.2 Å². The highest BCUT2D eigenvalue weighted by Gasteiger charge is 2.32. The van der Waals surface area contributed by atoms with Crippen LogP contribution in [-0.4, -0.2) is 27.0 Å². The third kappa shape index (κ3) is 3.05. The number of benzene rings is 1. The minimum Gasteiger partial charge on any atom is -0.496 e. The van der Waals surface area contributed by atoms with Gasteiger partial charge in [0.2, 0.25) is 0 Å². The van der Waals surface area contributed by atoms with Crippen molar-refractivity contribution in [1.29, 1.82) is 0 Å². The van der Waals surface area contributed by atoms with Gasteiger partial charge in [-0.15, -0.1) is 0 Å². The third-order valence-corrected chi connectivity index (χ3v) is 3.37. The molecule has 1 atom stereocenters. The number of aromatic nitrogens is 3. The van der Waals surface area contributed by atoms with Crippen LogP contribution in [0.2, 0.25) is 0 Å². The maximum Gasteiger partial charge on any atom is 0.138 e. The quantitative estimate of drug-likeness (QED) is 0.920. The molecule has 0 saturated heterocycles. The molecule has 0 aliphatic heterocycles. The summed E-state index contributed by atoms with van der Waals surface area (Å²) in [6, 6.07) is 4.59. The molecule has 0 bridgehead atoms. The molecule has 0 amide bonds. The second kappa shape index (κ2) is 5.81. The van der Waals surface area contributed by atoms with Gasteiger partial charge in [-0.3, -0.25) is 0 Å². The molecule has 5 nitrogen and oxygen atoms in total. The number of aliphatic hydroxyl groups is 1. The normalized spacial score (nSPS) is 14.2. The summed E-state index contributed by atoms with van der Waals surface area (Å²) >= 11 is 0. The minimum atomic E-state index is -1.45. The molecule has 0 radical (unpaired) electrons. The van der Waals surface area contributed by atoms with E-state index in [9.17, 15) is 9.50 Å². The maximum absolute atomic E-state index is 14.1. The average molecular weight is 293 g/mol. The molecular formula is C15H20FN3O2. The van der Waals surface area contributed by atoms with Gasteiger partial charge in [-0.2, -0.15) is 5.10 Å². The first-order valence-electron chi connectivity index (χ1n) is 6.80. The zero-order valence-electron chi connectivity index (χ0n) is 12.7. The Morgan fingerprint density at radius 3 is 2.76 bits per heavy atom. The van der Waals surface area contributed by atoms with Crippen molar-refractivity contribution in [2.24, 2.45) is 0 Å². The van der Waals surface area contributed by atoms with E-state index in [0.29, 0.717) is 11.6 Å². The van der Waals surface area contributed by atoms with Crippen molar-refractivity contribution in [1.82, 2.24) is 14.8 Å². The molecular weight excluding hydrogens is 273 g/mol. The summed E-state index contributed by atoms with van der Waals surface area (Å²) < 4.78 is 21.0. The number of ether oxygens (including phenoxy) is 1. The van der Waals surface area contributed by atoms with Crippen LogP contribution in [0.15, 0.2) is 24.5 Å². The lowest BCUT2D eigenvalue weighted by Crippen LogP contribution is -2.28. The van der Waals surface area contributed by atoms with Crippen molar-refractivity contribution >= 4 is 0 Å². The molecule has 0 saturated carbocycles. The number of nitrogens with zero attached hydrogens (tertiary/aromatic N) is 3. The maximum atomic E-state index is 14.1. The zero-order valence-corrected chi connectivity index (χ0v) is 12.7. The fraction of sp³-hybridized carbons (Fsp3) is 0.467. The smallest absolute Gasteiger partial charge is 0.138 e. The molecule has 6 heteroatoms. The number of hydrogen-bond donors (Lipinski definition) is 1. The molecule has 0 spiro atoms. The summed E-state index contributed by atoms with van der Waals surface area (Å²) in [7, 11) is 1.45. The fourth-order valence-corrected chi connectivity index (χ4v) is 2.43. The Kier molecular flexibility index (Phi) is 4.27. The largest absolute Gasteiger partial charge is 0.496 e.